The van der Waals surface area contributed by atoms with E-state index >= 15 is 0 Å². The van der Waals surface area contributed by atoms with E-state index in [2.05, 4.69) is 20.0 Å². The van der Waals surface area contributed by atoms with Crippen molar-refractivity contribution in [3.05, 3.63) is 0 Å². The zero-order valence-corrected chi connectivity index (χ0v) is 10.4. The Kier molecular flexibility index (Phi) is 3.63. The smallest absolute Gasteiger partial charge is 0.0459 e. The van der Waals surface area contributed by atoms with Crippen molar-refractivity contribution in [3.63, 3.8) is 0 Å². The van der Waals surface area contributed by atoms with E-state index in [-0.39, 0.29) is 38.3 Å². The molecule has 0 bridgehead atoms. The van der Waals surface area contributed by atoms with Crippen LogP contribution in [-0.4, -0.2) is 25.6 Å². The second-order valence-corrected chi connectivity index (χ2v) is 8.09. The second kappa shape index (κ2) is 3.79. The molecule has 0 unspecified atom stereocenters. The van der Waals surface area contributed by atoms with Crippen LogP contribution in [0.3, 0.4) is 0 Å². The zero-order chi connectivity index (χ0) is 7.12. The normalized spacial score (nSPS) is 25.4. The Morgan fingerprint density at radius 3 is 1.78 bits per heavy atom. The van der Waals surface area contributed by atoms with Crippen LogP contribution in [0.1, 0.15) is 20.6 Å². The van der Waals surface area contributed by atoms with E-state index in [1.54, 1.807) is 0 Å². The van der Waals surface area contributed by atoms with Crippen molar-refractivity contribution < 1.29 is 34.1 Å². The van der Waals surface area contributed by atoms with Crippen LogP contribution in [0.15, 0.2) is 0 Å². The SMILES string of the molecule is [2H]C1([P+](C)(C)C)CCC1.[Y]. The molecule has 1 aliphatic carbocycles. The molecule has 51 valence electrons. The molecule has 9 heavy (non-hydrogen) atoms. The fourth-order valence-corrected chi connectivity index (χ4v) is 2.66. The first-order valence-corrected chi connectivity index (χ1v) is 6.40. The second-order valence-electron chi connectivity index (χ2n) is 3.43. The molecule has 1 aliphatic rings. The summed E-state index contributed by atoms with van der Waals surface area (Å²) >= 11 is 0. The van der Waals surface area contributed by atoms with E-state index in [1.807, 2.05) is 0 Å². The average molecular weight is 221 g/mol. The van der Waals surface area contributed by atoms with Crippen molar-refractivity contribution in [2.45, 2.75) is 24.9 Å². The Balaban J connectivity index is 0.000000810. The maximum absolute atomic E-state index is 7.96. The molecule has 0 aromatic carbocycles. The Hall–Kier alpha value is 1.53. The molecule has 0 aliphatic heterocycles. The monoisotopic (exact) mass is 221 g/mol. The van der Waals surface area contributed by atoms with Gasteiger partial charge >= 0.3 is 0 Å². The molecule has 0 aromatic rings. The van der Waals surface area contributed by atoms with Crippen molar-refractivity contribution >= 4 is 7.26 Å². The largest absolute Gasteiger partial charge is 0.0745 e. The minimum Gasteiger partial charge on any atom is -0.0459 e. The molecule has 0 amide bonds. The topological polar surface area (TPSA) is 0 Å². The molecule has 1 fully saturated rings. The number of hydrogen-bond donors (Lipinski definition) is 0. The van der Waals surface area contributed by atoms with E-state index in [0.29, 0.717) is 0 Å². The molecule has 0 heterocycles. The zero-order valence-electron chi connectivity index (χ0n) is 7.65. The summed E-state index contributed by atoms with van der Waals surface area (Å²) in [6.07, 6.45) is 3.61. The van der Waals surface area contributed by atoms with Crippen molar-refractivity contribution in [1.29, 1.82) is 0 Å². The molecule has 2 heteroatoms. The Labute approximate surface area is 85.8 Å². The van der Waals surface area contributed by atoms with Gasteiger partial charge in [0.15, 0.2) is 0 Å². The Bertz CT molecular complexity index is 115. The molecule has 0 saturated heterocycles. The predicted octanol–water partition coefficient (Wildman–Crippen LogP) is 2.44. The van der Waals surface area contributed by atoms with Crippen molar-refractivity contribution in [2.24, 2.45) is 0 Å². The number of hydrogen-bond acceptors (Lipinski definition) is 0. The van der Waals surface area contributed by atoms with Gasteiger partial charge in [-0.05, 0) is 19.3 Å². The third kappa shape index (κ3) is 2.95. The molecule has 0 atom stereocenters. The molecule has 0 spiro atoms. The van der Waals surface area contributed by atoms with Gasteiger partial charge in [-0.1, -0.05) is 0 Å². The third-order valence-corrected chi connectivity index (χ3v) is 4.22. The van der Waals surface area contributed by atoms with Crippen LogP contribution in [0.2, 0.25) is 0 Å². The van der Waals surface area contributed by atoms with E-state index in [0.717, 1.165) is 12.8 Å². The van der Waals surface area contributed by atoms with Crippen LogP contribution in [0.5, 0.6) is 0 Å². The van der Waals surface area contributed by atoms with Crippen LogP contribution in [-0.2, 0) is 32.7 Å². The summed E-state index contributed by atoms with van der Waals surface area (Å²) in [5.41, 5.74) is 0.0208. The van der Waals surface area contributed by atoms with Crippen LogP contribution in [0, 0.1) is 0 Å². The summed E-state index contributed by atoms with van der Waals surface area (Å²) in [6, 6.07) is 0. The van der Waals surface area contributed by atoms with Gasteiger partial charge in [-0.15, -0.1) is 0 Å². The Morgan fingerprint density at radius 2 is 1.78 bits per heavy atom. The summed E-state index contributed by atoms with van der Waals surface area (Å²) in [6.45, 7) is 6.83. The first-order chi connectivity index (χ1) is 3.96. The van der Waals surface area contributed by atoms with Gasteiger partial charge in [-0.25, -0.2) is 0 Å². The molecule has 0 nitrogen and oxygen atoms in total. The van der Waals surface area contributed by atoms with Crippen molar-refractivity contribution in [1.82, 2.24) is 0 Å². The van der Waals surface area contributed by atoms with Crippen LogP contribution < -0.4 is 0 Å². The average Bonchev–Trinajstić information content (AvgIpc) is 1.57. The fourth-order valence-electron chi connectivity index (χ4n) is 1.01. The van der Waals surface area contributed by atoms with Gasteiger partial charge in [-0.2, -0.15) is 0 Å². The fraction of sp³-hybridized carbons (Fsp3) is 1.00. The molecular weight excluding hydrogens is 204 g/mol. The van der Waals surface area contributed by atoms with Crippen LogP contribution >= 0.6 is 7.26 Å². The Morgan fingerprint density at radius 1 is 1.33 bits per heavy atom. The summed E-state index contributed by atoms with van der Waals surface area (Å²) in [5, 5.41) is 0. The minimum atomic E-state index is -0.865. The molecule has 0 aromatic heterocycles. The predicted molar refractivity (Wildman–Crippen MR) is 42.3 cm³/mol. The van der Waals surface area contributed by atoms with Crippen molar-refractivity contribution in [3.8, 4) is 0 Å². The molecular formula is C7H16PY+. The van der Waals surface area contributed by atoms with Gasteiger partial charge in [0.1, 0.15) is 0 Å². The van der Waals surface area contributed by atoms with Crippen LogP contribution in [0.4, 0.5) is 0 Å². The quantitative estimate of drug-likeness (QED) is 0.596. The van der Waals surface area contributed by atoms with Gasteiger partial charge in [0, 0.05) is 60.0 Å². The van der Waals surface area contributed by atoms with Gasteiger partial charge < -0.3 is 0 Å². The maximum Gasteiger partial charge on any atom is 0.0745 e. The standard InChI is InChI=1S/C7H16P.Y/c1-8(2,3)7-5-4-6-7;/h7H,4-6H2,1-3H3;/q+1;/i7D;. The molecule has 1 saturated carbocycles. The van der Waals surface area contributed by atoms with E-state index in [4.69, 9.17) is 1.37 Å². The molecule has 1 rings (SSSR count). The van der Waals surface area contributed by atoms with Gasteiger partial charge in [0.05, 0.1) is 7.01 Å². The van der Waals surface area contributed by atoms with E-state index < -0.39 is 7.26 Å². The number of rotatable bonds is 1. The van der Waals surface area contributed by atoms with Gasteiger partial charge in [0.25, 0.3) is 0 Å². The van der Waals surface area contributed by atoms with Gasteiger partial charge in [0.2, 0.25) is 0 Å². The van der Waals surface area contributed by atoms with Crippen molar-refractivity contribution in [2.75, 3.05) is 20.0 Å². The van der Waals surface area contributed by atoms with E-state index in [9.17, 15) is 0 Å². The minimum absolute atomic E-state index is 0. The van der Waals surface area contributed by atoms with E-state index in [1.165, 1.54) is 6.42 Å². The summed E-state index contributed by atoms with van der Waals surface area (Å²) < 4.78 is 7.96. The first kappa shape index (κ1) is 8.63. The summed E-state index contributed by atoms with van der Waals surface area (Å²) in [5.74, 6) is 0. The summed E-state index contributed by atoms with van der Waals surface area (Å²) in [4.78, 5) is 0. The summed E-state index contributed by atoms with van der Waals surface area (Å²) in [7, 11) is -0.865. The first-order valence-electron chi connectivity index (χ1n) is 3.77. The third-order valence-electron chi connectivity index (χ3n) is 1.88. The molecule has 0 N–H and O–H groups in total. The van der Waals surface area contributed by atoms with Crippen LogP contribution in [0.25, 0.3) is 0 Å². The maximum atomic E-state index is 7.96. The molecule has 1 radical (unpaired) electrons. The van der Waals surface area contributed by atoms with Gasteiger partial charge in [-0.3, -0.25) is 0 Å².